The van der Waals surface area contributed by atoms with Crippen LogP contribution in [0.25, 0.3) is 0 Å². The van der Waals surface area contributed by atoms with Crippen LogP contribution in [0, 0.1) is 10.1 Å². The van der Waals surface area contributed by atoms with Crippen molar-refractivity contribution in [3.63, 3.8) is 0 Å². The van der Waals surface area contributed by atoms with Crippen LogP contribution < -0.4 is 0 Å². The van der Waals surface area contributed by atoms with Gasteiger partial charge in [0, 0.05) is 18.8 Å². The highest BCUT2D eigenvalue weighted by Crippen LogP contribution is 2.10. The number of hydrogen-bond donors (Lipinski definition) is 2. The topological polar surface area (TPSA) is 83.6 Å². The van der Waals surface area contributed by atoms with Crippen LogP contribution >= 0.6 is 0 Å². The molecule has 0 aliphatic carbocycles. The molecular weight excluding hydrogens is 126 g/mol. The Bertz CT molecular complexity index is 120. The lowest BCUT2D eigenvalue weighted by Crippen LogP contribution is -2.43. The zero-order valence-corrected chi connectivity index (χ0v) is 5.24. The van der Waals surface area contributed by atoms with Crippen molar-refractivity contribution in [3.05, 3.63) is 10.1 Å². The highest BCUT2D eigenvalue weighted by atomic mass is 16.6. The maximum atomic E-state index is 9.95. The molecule has 0 unspecified atom stereocenters. The summed E-state index contributed by atoms with van der Waals surface area (Å²) in [6.45, 7) is 2.27. The van der Waals surface area contributed by atoms with Crippen molar-refractivity contribution in [2.75, 3.05) is 0 Å². The monoisotopic (exact) mass is 135 g/mol. The molecule has 0 amide bonds. The van der Waals surface area contributed by atoms with E-state index in [1.807, 2.05) is 0 Å². The molecule has 0 rings (SSSR count). The molecule has 0 aromatic heterocycles. The quantitative estimate of drug-likeness (QED) is 0.299. The second-order valence-corrected chi connectivity index (χ2v) is 2.28. The fourth-order valence-corrected chi connectivity index (χ4v) is 0.0943. The summed E-state index contributed by atoms with van der Waals surface area (Å²) < 4.78 is 0. The molecule has 0 saturated heterocycles. The smallest absolute Gasteiger partial charge is 0.266 e. The van der Waals surface area contributed by atoms with Crippen LogP contribution in [-0.4, -0.2) is 27.0 Å². The Kier molecular flexibility index (Phi) is 2.11. The van der Waals surface area contributed by atoms with Crippen molar-refractivity contribution < 1.29 is 15.1 Å². The molecule has 5 nitrogen and oxygen atoms in total. The Balaban J connectivity index is 4.19. The highest BCUT2D eigenvalue weighted by molar-refractivity contribution is 4.67. The normalized spacial score (nSPS) is 12.1. The van der Waals surface area contributed by atoms with E-state index in [1.54, 1.807) is 0 Å². The third-order valence-corrected chi connectivity index (χ3v) is 1.10. The van der Waals surface area contributed by atoms with Gasteiger partial charge in [0.1, 0.15) is 0 Å². The van der Waals surface area contributed by atoms with Crippen molar-refractivity contribution in [2.24, 2.45) is 0 Å². The lowest BCUT2D eigenvalue weighted by molar-refractivity contribution is -0.585. The van der Waals surface area contributed by atoms with E-state index in [9.17, 15) is 10.1 Å². The van der Waals surface area contributed by atoms with Gasteiger partial charge in [-0.3, -0.25) is 10.1 Å². The number of hydrogen-bond acceptors (Lipinski definition) is 4. The minimum Gasteiger partial charge on any atom is -0.363 e. The average Bonchev–Trinajstić information content (AvgIpc) is 1.65. The van der Waals surface area contributed by atoms with Crippen LogP contribution in [-0.2, 0) is 0 Å². The van der Waals surface area contributed by atoms with Crippen molar-refractivity contribution in [2.45, 2.75) is 25.7 Å². The van der Waals surface area contributed by atoms with Gasteiger partial charge < -0.3 is 10.2 Å². The van der Waals surface area contributed by atoms with E-state index in [1.165, 1.54) is 0 Å². The first-order valence-electron chi connectivity index (χ1n) is 2.39. The lowest BCUT2D eigenvalue weighted by atomic mass is 10.1. The number of aliphatic hydroxyl groups is 2. The standard InChI is InChI=1S/C4H9NO4/c1-4(2,3(6)7)5(8)9/h3,6-7H,1-2H3. The summed E-state index contributed by atoms with van der Waals surface area (Å²) in [4.78, 5) is 9.21. The molecule has 0 heterocycles. The molecule has 0 aromatic carbocycles. The summed E-state index contributed by atoms with van der Waals surface area (Å²) in [6, 6.07) is 0. The van der Waals surface area contributed by atoms with Gasteiger partial charge in [0.25, 0.3) is 5.54 Å². The zero-order valence-electron chi connectivity index (χ0n) is 5.24. The van der Waals surface area contributed by atoms with Gasteiger partial charge in [-0.15, -0.1) is 0 Å². The molecule has 0 atom stereocenters. The summed E-state index contributed by atoms with van der Waals surface area (Å²) >= 11 is 0. The molecule has 0 saturated carbocycles. The first-order valence-corrected chi connectivity index (χ1v) is 2.39. The molecule has 0 fully saturated rings. The van der Waals surface area contributed by atoms with Crippen LogP contribution in [0.5, 0.6) is 0 Å². The zero-order chi connectivity index (χ0) is 7.65. The van der Waals surface area contributed by atoms with Crippen molar-refractivity contribution in [1.82, 2.24) is 0 Å². The van der Waals surface area contributed by atoms with E-state index in [-0.39, 0.29) is 0 Å². The minimum absolute atomic E-state index is 0.738. The Morgan fingerprint density at radius 2 is 1.89 bits per heavy atom. The van der Waals surface area contributed by atoms with Crippen molar-refractivity contribution in [3.8, 4) is 0 Å². The summed E-state index contributed by atoms with van der Waals surface area (Å²) in [5.41, 5.74) is -1.67. The van der Waals surface area contributed by atoms with Gasteiger partial charge in [-0.1, -0.05) is 0 Å². The fraction of sp³-hybridized carbons (Fsp3) is 1.00. The minimum atomic E-state index is -1.91. The van der Waals surface area contributed by atoms with Crippen LogP contribution in [0.2, 0.25) is 0 Å². The van der Waals surface area contributed by atoms with Crippen LogP contribution in [0.1, 0.15) is 13.8 Å². The molecule has 0 aliphatic rings. The van der Waals surface area contributed by atoms with E-state index in [0.717, 1.165) is 13.8 Å². The van der Waals surface area contributed by atoms with Crippen LogP contribution in [0.4, 0.5) is 0 Å². The molecule has 0 radical (unpaired) electrons. The number of nitro groups is 1. The van der Waals surface area contributed by atoms with Gasteiger partial charge in [0.2, 0.25) is 6.29 Å². The SMILES string of the molecule is CC(C)(C(O)O)[N+](=O)[O-]. The average molecular weight is 135 g/mol. The Morgan fingerprint density at radius 1 is 1.56 bits per heavy atom. The molecule has 2 N–H and O–H groups in total. The molecule has 54 valence electrons. The largest absolute Gasteiger partial charge is 0.363 e. The lowest BCUT2D eigenvalue weighted by Gasteiger charge is -2.16. The summed E-state index contributed by atoms with van der Waals surface area (Å²) in [5.74, 6) is 0. The number of nitrogens with zero attached hydrogens (tertiary/aromatic N) is 1. The maximum absolute atomic E-state index is 9.95. The molecule has 0 bridgehead atoms. The first kappa shape index (κ1) is 8.32. The van der Waals surface area contributed by atoms with Gasteiger partial charge in [-0.25, -0.2) is 0 Å². The Labute approximate surface area is 52.1 Å². The third-order valence-electron chi connectivity index (χ3n) is 1.10. The van der Waals surface area contributed by atoms with E-state index in [4.69, 9.17) is 10.2 Å². The summed E-state index contributed by atoms with van der Waals surface area (Å²) in [6.07, 6.45) is -1.91. The second-order valence-electron chi connectivity index (χ2n) is 2.28. The first-order chi connectivity index (χ1) is 3.89. The van der Waals surface area contributed by atoms with E-state index in [2.05, 4.69) is 0 Å². The molecule has 0 aliphatic heterocycles. The predicted octanol–water partition coefficient (Wildman–Crippen LogP) is -0.648. The number of rotatable bonds is 2. The molecule has 0 spiro atoms. The van der Waals surface area contributed by atoms with Crippen molar-refractivity contribution in [1.29, 1.82) is 0 Å². The van der Waals surface area contributed by atoms with Gasteiger partial charge in [0.05, 0.1) is 0 Å². The van der Waals surface area contributed by atoms with Crippen molar-refractivity contribution >= 4 is 0 Å². The van der Waals surface area contributed by atoms with E-state index < -0.39 is 16.8 Å². The van der Waals surface area contributed by atoms with Gasteiger partial charge in [-0.2, -0.15) is 0 Å². The predicted molar refractivity (Wildman–Crippen MR) is 29.3 cm³/mol. The molecule has 5 heteroatoms. The van der Waals surface area contributed by atoms with E-state index in [0.29, 0.717) is 0 Å². The van der Waals surface area contributed by atoms with E-state index >= 15 is 0 Å². The Hall–Kier alpha value is -0.680. The van der Waals surface area contributed by atoms with Gasteiger partial charge >= 0.3 is 0 Å². The molecule has 9 heavy (non-hydrogen) atoms. The number of aliphatic hydroxyl groups excluding tert-OH is 1. The molecule has 0 aromatic rings. The highest BCUT2D eigenvalue weighted by Gasteiger charge is 2.38. The fourth-order valence-electron chi connectivity index (χ4n) is 0.0943. The maximum Gasteiger partial charge on any atom is 0.266 e. The summed E-state index contributed by atoms with van der Waals surface area (Å²) in [7, 11) is 0. The summed E-state index contributed by atoms with van der Waals surface area (Å²) in [5, 5.41) is 26.7. The third kappa shape index (κ3) is 1.62. The Morgan fingerprint density at radius 3 is 1.89 bits per heavy atom. The van der Waals surface area contributed by atoms with Crippen LogP contribution in [0.3, 0.4) is 0 Å². The second kappa shape index (κ2) is 2.28. The van der Waals surface area contributed by atoms with Gasteiger partial charge in [0.15, 0.2) is 0 Å². The van der Waals surface area contributed by atoms with Gasteiger partial charge in [-0.05, 0) is 0 Å². The van der Waals surface area contributed by atoms with Crippen LogP contribution in [0.15, 0.2) is 0 Å². The molecular formula is C4H9NO4.